The molecule has 8 rings (SSSR count). The number of rotatable bonds is 9. The summed E-state index contributed by atoms with van der Waals surface area (Å²) in [6.07, 6.45) is 0.929. The quantitative estimate of drug-likeness (QED) is 0.256. The molecule has 0 aromatic carbocycles. The first-order chi connectivity index (χ1) is 27.2. The van der Waals surface area contributed by atoms with Gasteiger partial charge < -0.3 is 67.1 Å². The van der Waals surface area contributed by atoms with Crippen molar-refractivity contribution in [2.45, 2.75) is 184 Å². The highest BCUT2D eigenvalue weighted by Crippen LogP contribution is 2.57. The van der Waals surface area contributed by atoms with Crippen molar-refractivity contribution in [3.05, 3.63) is 23.5 Å². The number of aliphatic hydroxyl groups excluding tert-OH is 2. The molecule has 1 saturated carbocycles. The van der Waals surface area contributed by atoms with Crippen molar-refractivity contribution in [1.82, 2.24) is 0 Å². The van der Waals surface area contributed by atoms with E-state index in [2.05, 4.69) is 13.0 Å². The van der Waals surface area contributed by atoms with Crippen molar-refractivity contribution in [3.63, 3.8) is 0 Å². The van der Waals surface area contributed by atoms with Crippen molar-refractivity contribution >= 4 is 5.97 Å². The highest BCUT2D eigenvalue weighted by molar-refractivity contribution is 5.74. The van der Waals surface area contributed by atoms with E-state index >= 15 is 0 Å². The summed E-state index contributed by atoms with van der Waals surface area (Å²) in [7, 11) is 4.86. The molecule has 5 saturated heterocycles. The van der Waals surface area contributed by atoms with Gasteiger partial charge in [-0.3, -0.25) is 4.79 Å². The van der Waals surface area contributed by atoms with Gasteiger partial charge in [0.2, 0.25) is 5.79 Å². The summed E-state index contributed by atoms with van der Waals surface area (Å²) in [5, 5.41) is 22.1. The molecule has 0 amide bonds. The summed E-state index contributed by atoms with van der Waals surface area (Å²) in [6.45, 7) is 10.1. The third-order valence-electron chi connectivity index (χ3n) is 14.5. The van der Waals surface area contributed by atoms with Crippen LogP contribution < -0.4 is 0 Å². The van der Waals surface area contributed by atoms with E-state index < -0.39 is 85.0 Å². The summed E-state index contributed by atoms with van der Waals surface area (Å²) in [4.78, 5) is 13.7. The predicted molar refractivity (Wildman–Crippen MR) is 199 cm³/mol. The van der Waals surface area contributed by atoms with Crippen LogP contribution in [0.25, 0.3) is 0 Å². The number of carbonyl (C=O) groups is 1. The first kappa shape index (κ1) is 42.0. The molecule has 0 bridgehead atoms. The SMILES string of the molecule is CO[C@H]1C[C@H](O[C@@H]2[C@H](C)O[C@@H](O[C@H]3[C@@H](OC)C[C@H](O[C@@H]4CC5=CC[C@H]6C(=O)O[C@@H]7CO[C@]8(C)OC=C(CC[C@@H]6[C@@]5(C)C[C@H]4O)C78)O[C@@H]3C)C[C@@H]2OC)O[C@H](C)[C@H]1O. The Bertz CT molecular complexity index is 1510. The molecule has 0 spiro atoms. The minimum absolute atomic E-state index is 0.000401. The van der Waals surface area contributed by atoms with Crippen molar-refractivity contribution < 1.29 is 71.8 Å². The van der Waals surface area contributed by atoms with E-state index in [9.17, 15) is 15.0 Å². The molecule has 1 unspecified atom stereocenters. The fraction of sp³-hybridized carbons (Fsp3) is 0.881. The molecule has 6 aliphatic heterocycles. The van der Waals surface area contributed by atoms with Gasteiger partial charge in [0, 0.05) is 47.5 Å². The Hall–Kier alpha value is -1.73. The molecule has 322 valence electrons. The van der Waals surface area contributed by atoms with Gasteiger partial charge in [-0.1, -0.05) is 18.6 Å². The smallest absolute Gasteiger partial charge is 0.309 e. The van der Waals surface area contributed by atoms with Crippen molar-refractivity contribution in [2.24, 2.45) is 23.2 Å². The Labute approximate surface area is 335 Å². The molecule has 15 heteroatoms. The molecule has 0 radical (unpaired) electrons. The van der Waals surface area contributed by atoms with E-state index in [4.69, 9.17) is 56.8 Å². The minimum Gasteiger partial charge on any atom is -0.469 e. The van der Waals surface area contributed by atoms with E-state index in [1.54, 1.807) is 28.3 Å². The minimum atomic E-state index is -0.790. The highest BCUT2D eigenvalue weighted by atomic mass is 16.8. The van der Waals surface area contributed by atoms with E-state index in [-0.39, 0.29) is 42.0 Å². The van der Waals surface area contributed by atoms with Crippen LogP contribution in [0.4, 0.5) is 0 Å². The number of ether oxygens (including phenoxy) is 12. The second-order valence-electron chi connectivity index (χ2n) is 17.9. The zero-order valence-electron chi connectivity index (χ0n) is 34.6. The summed E-state index contributed by atoms with van der Waals surface area (Å²) < 4.78 is 73.7. The lowest BCUT2D eigenvalue weighted by Crippen LogP contribution is -2.57. The number of fused-ring (bicyclic) bond motifs is 3. The molecule has 0 aromatic rings. The van der Waals surface area contributed by atoms with Crippen LogP contribution in [-0.4, -0.2) is 142 Å². The summed E-state index contributed by atoms with van der Waals surface area (Å²) >= 11 is 0. The monoisotopic (exact) mass is 808 g/mol. The Morgan fingerprint density at radius 1 is 0.789 bits per heavy atom. The molecule has 2 aliphatic carbocycles. The third kappa shape index (κ3) is 7.87. The normalized spacial score (nSPS) is 51.2. The van der Waals surface area contributed by atoms with Gasteiger partial charge in [0.1, 0.15) is 24.4 Å². The second kappa shape index (κ2) is 16.6. The Balaban J connectivity index is 0.876. The second-order valence-corrected chi connectivity index (χ2v) is 17.9. The first-order valence-corrected chi connectivity index (χ1v) is 21.0. The molecular formula is C42H64O15. The van der Waals surface area contributed by atoms with Gasteiger partial charge >= 0.3 is 5.97 Å². The van der Waals surface area contributed by atoms with Gasteiger partial charge in [-0.15, -0.1) is 0 Å². The maximum absolute atomic E-state index is 13.7. The van der Waals surface area contributed by atoms with Gasteiger partial charge in [0.05, 0.1) is 73.5 Å². The van der Waals surface area contributed by atoms with Crippen LogP contribution in [0.3, 0.4) is 0 Å². The van der Waals surface area contributed by atoms with Gasteiger partial charge in [-0.25, -0.2) is 0 Å². The van der Waals surface area contributed by atoms with Crippen LogP contribution in [0, 0.1) is 23.2 Å². The average molecular weight is 809 g/mol. The lowest BCUT2D eigenvalue weighted by atomic mass is 9.55. The van der Waals surface area contributed by atoms with Gasteiger partial charge in [0.15, 0.2) is 18.9 Å². The Kier molecular flexibility index (Phi) is 12.2. The van der Waals surface area contributed by atoms with Gasteiger partial charge in [0.25, 0.3) is 0 Å². The fourth-order valence-corrected chi connectivity index (χ4v) is 11.3. The molecule has 6 heterocycles. The van der Waals surface area contributed by atoms with Gasteiger partial charge in [-0.05, 0) is 69.8 Å². The average Bonchev–Trinajstić information content (AvgIpc) is 3.69. The third-order valence-corrected chi connectivity index (χ3v) is 14.5. The number of hydrogen-bond donors (Lipinski definition) is 2. The first-order valence-electron chi connectivity index (χ1n) is 21.0. The van der Waals surface area contributed by atoms with Crippen molar-refractivity contribution in [1.29, 1.82) is 0 Å². The Morgan fingerprint density at radius 3 is 2.02 bits per heavy atom. The van der Waals surface area contributed by atoms with E-state index in [0.29, 0.717) is 45.1 Å². The Morgan fingerprint density at radius 2 is 1.39 bits per heavy atom. The highest BCUT2D eigenvalue weighted by Gasteiger charge is 2.59. The van der Waals surface area contributed by atoms with Crippen LogP contribution >= 0.6 is 0 Å². The maximum Gasteiger partial charge on any atom is 0.309 e. The fourth-order valence-electron chi connectivity index (χ4n) is 11.3. The van der Waals surface area contributed by atoms with Crippen molar-refractivity contribution in [2.75, 3.05) is 27.9 Å². The topological polar surface area (TPSA) is 168 Å². The van der Waals surface area contributed by atoms with E-state index in [0.717, 1.165) is 18.4 Å². The van der Waals surface area contributed by atoms with Crippen LogP contribution in [0.5, 0.6) is 0 Å². The molecule has 8 aliphatic rings. The van der Waals surface area contributed by atoms with Crippen LogP contribution in [0.15, 0.2) is 23.5 Å². The molecule has 20 atom stereocenters. The summed E-state index contributed by atoms with van der Waals surface area (Å²) in [6, 6.07) is 0. The molecule has 15 nitrogen and oxygen atoms in total. The number of hydrogen-bond acceptors (Lipinski definition) is 15. The zero-order chi connectivity index (χ0) is 40.4. The maximum atomic E-state index is 13.7. The van der Waals surface area contributed by atoms with E-state index in [1.807, 2.05) is 27.0 Å². The van der Waals surface area contributed by atoms with Crippen LogP contribution in [-0.2, 0) is 61.6 Å². The molecule has 2 N–H and O–H groups in total. The molecule has 6 fully saturated rings. The lowest BCUT2D eigenvalue weighted by molar-refractivity contribution is -0.339. The standard InChI is InChI=1S/C42H64O15/c1-20-37(44)29(46-6)14-34(51-20)56-39-22(3)53-35(16-31(39)48-8)57-38-21(2)52-33(15-30(38)47-7)54-28-13-24-10-11-25-26(41(24,4)17-27(28)43)12-9-23-18-49-42(5)36(23)32(19-50-42)55-40(25)45/h10,18,20-22,25-39,43-44H,9,11-17,19H2,1-8H3/t20-,21-,22+,25-,26+,27-,28-,29+,30+,31+,32-,33+,34+,35+,36?,37-,38-,39-,41+,42+/m1/s1. The number of esters is 1. The number of aliphatic hydroxyl groups is 2. The van der Waals surface area contributed by atoms with Gasteiger partial charge in [-0.2, -0.15) is 0 Å². The summed E-state index contributed by atoms with van der Waals surface area (Å²) in [5.74, 6) is -1.37. The number of carbonyl (C=O) groups excluding carboxylic acids is 1. The van der Waals surface area contributed by atoms with E-state index in [1.165, 1.54) is 5.57 Å². The molecular weight excluding hydrogens is 744 g/mol. The van der Waals surface area contributed by atoms with Crippen LogP contribution in [0.1, 0.15) is 86.0 Å². The molecule has 57 heavy (non-hydrogen) atoms. The zero-order valence-corrected chi connectivity index (χ0v) is 34.6. The lowest BCUT2D eigenvalue weighted by Gasteiger charge is -2.52. The number of methoxy groups -OCH3 is 3. The predicted octanol–water partition coefficient (Wildman–Crippen LogP) is 3.66. The van der Waals surface area contributed by atoms with Crippen molar-refractivity contribution in [3.8, 4) is 0 Å². The molecule has 0 aromatic heterocycles. The number of allylic oxidation sites excluding steroid dienone is 1. The largest absolute Gasteiger partial charge is 0.469 e. The van der Waals surface area contributed by atoms with Crippen LogP contribution in [0.2, 0.25) is 0 Å². The summed E-state index contributed by atoms with van der Waals surface area (Å²) in [5.41, 5.74) is 1.95.